The van der Waals surface area contributed by atoms with E-state index in [9.17, 15) is 4.79 Å². The second kappa shape index (κ2) is 7.80. The number of likely N-dealkylation sites (tertiary alicyclic amines) is 1. The smallest absolute Gasteiger partial charge is 0.231 e. The van der Waals surface area contributed by atoms with Gasteiger partial charge in [-0.1, -0.05) is 28.1 Å². The Morgan fingerprint density at radius 2 is 1.87 bits per heavy atom. The summed E-state index contributed by atoms with van der Waals surface area (Å²) in [7, 11) is 0. The highest BCUT2D eigenvalue weighted by Crippen LogP contribution is 2.41. The third-order valence-corrected chi connectivity index (χ3v) is 6.16. The predicted octanol–water partition coefficient (Wildman–Crippen LogP) is 5.23. The molecule has 1 aromatic heterocycles. The molecule has 7 heteroatoms. The molecule has 6 nitrogen and oxygen atoms in total. The van der Waals surface area contributed by atoms with E-state index in [1.54, 1.807) is 6.92 Å². The molecule has 3 aromatic rings. The minimum Gasteiger partial charge on any atom is -0.454 e. The average Bonchev–Trinajstić information content (AvgIpc) is 3.40. The van der Waals surface area contributed by atoms with Crippen LogP contribution in [-0.2, 0) is 4.79 Å². The summed E-state index contributed by atoms with van der Waals surface area (Å²) in [5, 5.41) is 0. The maximum absolute atomic E-state index is 11.7. The zero-order valence-electron chi connectivity index (χ0n) is 16.6. The Morgan fingerprint density at radius 3 is 2.63 bits per heavy atom. The number of oxazole rings is 1. The maximum atomic E-state index is 11.7. The van der Waals surface area contributed by atoms with Gasteiger partial charge in [0.25, 0.3) is 0 Å². The lowest BCUT2D eigenvalue weighted by Crippen LogP contribution is -2.36. The standard InChI is InChI=1S/C23H21BrN2O4/c1-14(27)26-9-7-15(8-10-26)23-25-21(16-5-6-19-20(12-16)29-13-28-19)22(30-23)17-3-2-4-18(24)11-17/h2-6,11-12,15H,7-10,13H2,1H3. The molecule has 0 bridgehead atoms. The molecule has 2 aliphatic rings. The normalized spacial score (nSPS) is 16.1. The van der Waals surface area contributed by atoms with Gasteiger partial charge in [-0.15, -0.1) is 0 Å². The average molecular weight is 469 g/mol. The van der Waals surface area contributed by atoms with Gasteiger partial charge in [-0.2, -0.15) is 0 Å². The third-order valence-electron chi connectivity index (χ3n) is 5.67. The summed E-state index contributed by atoms with van der Waals surface area (Å²) >= 11 is 3.55. The van der Waals surface area contributed by atoms with Crippen LogP contribution in [0.15, 0.2) is 51.4 Å². The predicted molar refractivity (Wildman–Crippen MR) is 115 cm³/mol. The quantitative estimate of drug-likeness (QED) is 0.526. The minimum atomic E-state index is 0.122. The lowest BCUT2D eigenvalue weighted by Gasteiger charge is -2.29. The number of fused-ring (bicyclic) bond motifs is 1. The van der Waals surface area contributed by atoms with Gasteiger partial charge in [0.2, 0.25) is 12.7 Å². The van der Waals surface area contributed by atoms with Gasteiger partial charge < -0.3 is 18.8 Å². The summed E-state index contributed by atoms with van der Waals surface area (Å²) in [4.78, 5) is 18.5. The maximum Gasteiger partial charge on any atom is 0.231 e. The van der Waals surface area contributed by atoms with E-state index in [1.165, 1.54) is 0 Å². The van der Waals surface area contributed by atoms with Gasteiger partial charge in [-0.05, 0) is 43.2 Å². The van der Waals surface area contributed by atoms with E-state index in [0.29, 0.717) is 5.75 Å². The summed E-state index contributed by atoms with van der Waals surface area (Å²) in [6.07, 6.45) is 1.69. The van der Waals surface area contributed by atoms with Gasteiger partial charge in [0.1, 0.15) is 5.69 Å². The van der Waals surface area contributed by atoms with Gasteiger partial charge >= 0.3 is 0 Å². The molecule has 0 saturated carbocycles. The van der Waals surface area contributed by atoms with Crippen LogP contribution in [0.25, 0.3) is 22.6 Å². The number of hydrogen-bond donors (Lipinski definition) is 0. The van der Waals surface area contributed by atoms with Crippen LogP contribution in [0.3, 0.4) is 0 Å². The molecule has 1 amide bonds. The number of nitrogens with zero attached hydrogens (tertiary/aromatic N) is 2. The highest BCUT2D eigenvalue weighted by molar-refractivity contribution is 9.10. The second-order valence-corrected chi connectivity index (χ2v) is 8.50. The number of carbonyl (C=O) groups is 1. The number of hydrogen-bond acceptors (Lipinski definition) is 5. The third kappa shape index (κ3) is 3.58. The molecule has 1 fully saturated rings. The van der Waals surface area contributed by atoms with Crippen LogP contribution in [0, 0.1) is 0 Å². The Kier molecular flexibility index (Phi) is 4.98. The fourth-order valence-electron chi connectivity index (χ4n) is 4.02. The zero-order valence-corrected chi connectivity index (χ0v) is 18.1. The van der Waals surface area contributed by atoms with Gasteiger partial charge in [0, 0.05) is 41.5 Å². The van der Waals surface area contributed by atoms with E-state index in [1.807, 2.05) is 47.4 Å². The summed E-state index contributed by atoms with van der Waals surface area (Å²) in [5.41, 5.74) is 2.66. The van der Waals surface area contributed by atoms with E-state index in [2.05, 4.69) is 15.9 Å². The minimum absolute atomic E-state index is 0.122. The molecule has 0 unspecified atom stereocenters. The van der Waals surface area contributed by atoms with Gasteiger partial charge in [0.05, 0.1) is 0 Å². The van der Waals surface area contributed by atoms with Crippen molar-refractivity contribution in [2.24, 2.45) is 0 Å². The molecule has 3 heterocycles. The summed E-state index contributed by atoms with van der Waals surface area (Å²) in [6, 6.07) is 13.8. The van der Waals surface area contributed by atoms with Crippen LogP contribution in [0.4, 0.5) is 0 Å². The van der Waals surface area contributed by atoms with Crippen molar-refractivity contribution in [2.45, 2.75) is 25.7 Å². The van der Waals surface area contributed by atoms with Gasteiger partial charge in [0.15, 0.2) is 23.1 Å². The van der Waals surface area contributed by atoms with Crippen molar-refractivity contribution in [1.29, 1.82) is 0 Å². The molecule has 5 rings (SSSR count). The van der Waals surface area contributed by atoms with Crippen molar-refractivity contribution in [3.8, 4) is 34.1 Å². The molecule has 1 saturated heterocycles. The largest absolute Gasteiger partial charge is 0.454 e. The summed E-state index contributed by atoms with van der Waals surface area (Å²) < 4.78 is 18.3. The number of rotatable bonds is 3. The van der Waals surface area contributed by atoms with Crippen LogP contribution in [0.2, 0.25) is 0 Å². The Morgan fingerprint density at radius 1 is 1.07 bits per heavy atom. The first-order valence-corrected chi connectivity index (χ1v) is 10.8. The number of benzene rings is 2. The van der Waals surface area contributed by atoms with Crippen molar-refractivity contribution < 1.29 is 18.7 Å². The molecular weight excluding hydrogens is 448 g/mol. The molecule has 30 heavy (non-hydrogen) atoms. The SMILES string of the molecule is CC(=O)N1CCC(c2nc(-c3ccc4c(c3)OCO4)c(-c3cccc(Br)c3)o2)CC1. The Hall–Kier alpha value is -2.80. The highest BCUT2D eigenvalue weighted by Gasteiger charge is 2.28. The number of amides is 1. The van der Waals surface area contributed by atoms with Crippen LogP contribution in [0.1, 0.15) is 31.6 Å². The van der Waals surface area contributed by atoms with Crippen LogP contribution in [0.5, 0.6) is 11.5 Å². The molecule has 0 radical (unpaired) electrons. The molecule has 154 valence electrons. The van der Waals surface area contributed by atoms with Crippen LogP contribution >= 0.6 is 15.9 Å². The molecule has 0 N–H and O–H groups in total. The topological polar surface area (TPSA) is 64.8 Å². The molecule has 2 aromatic carbocycles. The van der Waals surface area contributed by atoms with Crippen LogP contribution < -0.4 is 9.47 Å². The first kappa shape index (κ1) is 19.2. The van der Waals surface area contributed by atoms with Crippen molar-refractivity contribution in [2.75, 3.05) is 19.9 Å². The lowest BCUT2D eigenvalue weighted by atomic mass is 9.97. The Balaban J connectivity index is 1.54. The first-order chi connectivity index (χ1) is 14.6. The number of carbonyl (C=O) groups excluding carboxylic acids is 1. The molecule has 2 aliphatic heterocycles. The number of piperidine rings is 1. The molecule has 0 spiro atoms. The number of aromatic nitrogens is 1. The van der Waals surface area contributed by atoms with Crippen molar-refractivity contribution in [1.82, 2.24) is 9.88 Å². The fourth-order valence-corrected chi connectivity index (χ4v) is 4.42. The second-order valence-electron chi connectivity index (χ2n) is 7.59. The van der Waals surface area contributed by atoms with Crippen LogP contribution in [-0.4, -0.2) is 35.7 Å². The van der Waals surface area contributed by atoms with E-state index in [4.69, 9.17) is 18.9 Å². The van der Waals surface area contributed by atoms with E-state index in [-0.39, 0.29) is 18.6 Å². The summed E-state index contributed by atoms with van der Waals surface area (Å²) in [5.74, 6) is 3.22. The highest BCUT2D eigenvalue weighted by atomic mass is 79.9. The monoisotopic (exact) mass is 468 g/mol. The van der Waals surface area contributed by atoms with Crippen molar-refractivity contribution in [3.05, 3.63) is 52.8 Å². The van der Waals surface area contributed by atoms with E-state index in [0.717, 1.165) is 64.6 Å². The molecular formula is C23H21BrN2O4. The zero-order chi connectivity index (χ0) is 20.7. The number of halogens is 1. The number of ether oxygens (including phenoxy) is 2. The molecule has 0 atom stereocenters. The summed E-state index contributed by atoms with van der Waals surface area (Å²) in [6.45, 7) is 3.31. The molecule has 0 aliphatic carbocycles. The Bertz CT molecular complexity index is 1100. The van der Waals surface area contributed by atoms with Gasteiger partial charge in [-0.25, -0.2) is 4.98 Å². The van der Waals surface area contributed by atoms with Crippen molar-refractivity contribution in [3.63, 3.8) is 0 Å². The van der Waals surface area contributed by atoms with E-state index < -0.39 is 0 Å². The lowest BCUT2D eigenvalue weighted by molar-refractivity contribution is -0.129. The van der Waals surface area contributed by atoms with Crippen molar-refractivity contribution >= 4 is 21.8 Å². The first-order valence-electron chi connectivity index (χ1n) is 10.0. The van der Waals surface area contributed by atoms with E-state index >= 15 is 0 Å². The van der Waals surface area contributed by atoms with Gasteiger partial charge in [-0.3, -0.25) is 4.79 Å². The Labute approximate surface area is 182 Å². The fraction of sp³-hybridized carbons (Fsp3) is 0.304.